The summed E-state index contributed by atoms with van der Waals surface area (Å²) in [6.07, 6.45) is 0. The van der Waals surface area contributed by atoms with E-state index in [-0.39, 0.29) is 22.2 Å². The number of thiazole rings is 1. The summed E-state index contributed by atoms with van der Waals surface area (Å²) in [4.78, 5) is 46.2. The molecule has 0 saturated carbocycles. The summed E-state index contributed by atoms with van der Waals surface area (Å²) in [5.74, 6) is -1.84. The van der Waals surface area contributed by atoms with Gasteiger partial charge in [0.15, 0.2) is 10.8 Å². The Kier molecular flexibility index (Phi) is 4.87. The van der Waals surface area contributed by atoms with Crippen molar-refractivity contribution < 1.29 is 24.3 Å². The largest absolute Gasteiger partial charge is 0.477 e. The van der Waals surface area contributed by atoms with E-state index in [2.05, 4.69) is 20.3 Å². The normalized spacial score (nSPS) is 22.6. The van der Waals surface area contributed by atoms with E-state index in [1.165, 1.54) is 23.8 Å². The number of oxime groups is 1. The topological polar surface area (TPSA) is 147 Å². The lowest BCUT2D eigenvalue weighted by Crippen LogP contribution is -2.71. The number of amides is 2. The second kappa shape index (κ2) is 6.96. The number of thioether (sulfide) groups is 1. The maximum Gasteiger partial charge on any atom is 0.352 e. The molecule has 0 bridgehead atoms. The Balaban J connectivity index is 1.78. The minimum atomic E-state index is -1.16. The highest BCUT2D eigenvalue weighted by Gasteiger charge is 2.54. The first-order chi connectivity index (χ1) is 12.3. The van der Waals surface area contributed by atoms with Crippen LogP contribution in [0.3, 0.4) is 0 Å². The minimum Gasteiger partial charge on any atom is -0.477 e. The molecule has 2 atom stereocenters. The second-order valence-corrected chi connectivity index (χ2v) is 7.48. The predicted octanol–water partition coefficient (Wildman–Crippen LogP) is -0.166. The summed E-state index contributed by atoms with van der Waals surface area (Å²) in [5.41, 5.74) is 6.27. The second-order valence-electron chi connectivity index (χ2n) is 5.49. The molecule has 1 aromatic rings. The van der Waals surface area contributed by atoms with Crippen molar-refractivity contribution in [3.63, 3.8) is 0 Å². The average Bonchev–Trinajstić information content (AvgIpc) is 3.02. The maximum atomic E-state index is 12.5. The van der Waals surface area contributed by atoms with E-state index >= 15 is 0 Å². The van der Waals surface area contributed by atoms with Crippen LogP contribution in [0.5, 0.6) is 0 Å². The van der Waals surface area contributed by atoms with Crippen molar-refractivity contribution in [1.82, 2.24) is 15.2 Å². The van der Waals surface area contributed by atoms with E-state index in [4.69, 9.17) is 5.73 Å². The van der Waals surface area contributed by atoms with E-state index in [9.17, 15) is 19.5 Å². The molecule has 10 nitrogen and oxygen atoms in total. The zero-order valence-corrected chi connectivity index (χ0v) is 15.4. The summed E-state index contributed by atoms with van der Waals surface area (Å²) in [6, 6.07) is -0.854. The molecule has 0 aliphatic carbocycles. The third kappa shape index (κ3) is 3.01. The van der Waals surface area contributed by atoms with Crippen LogP contribution in [-0.2, 0) is 19.2 Å². The van der Waals surface area contributed by atoms with Crippen LogP contribution in [-0.4, -0.2) is 62.8 Å². The highest BCUT2D eigenvalue weighted by Crippen LogP contribution is 2.40. The molecule has 2 aliphatic heterocycles. The molecule has 138 valence electrons. The van der Waals surface area contributed by atoms with Gasteiger partial charge in [0.05, 0.1) is 0 Å². The molecule has 0 spiro atoms. The van der Waals surface area contributed by atoms with Gasteiger partial charge in [0.1, 0.15) is 29.9 Å². The van der Waals surface area contributed by atoms with Crippen LogP contribution in [0.15, 0.2) is 21.8 Å². The van der Waals surface area contributed by atoms with Gasteiger partial charge in [0.2, 0.25) is 0 Å². The number of carbonyl (C=O) groups excluding carboxylic acids is 2. The Morgan fingerprint density at radius 2 is 2.27 bits per heavy atom. The van der Waals surface area contributed by atoms with E-state index in [0.717, 1.165) is 11.3 Å². The van der Waals surface area contributed by atoms with Crippen LogP contribution in [0.25, 0.3) is 0 Å². The van der Waals surface area contributed by atoms with Gasteiger partial charge in [-0.25, -0.2) is 9.78 Å². The number of nitrogens with one attached hydrogen (secondary N) is 1. The first kappa shape index (κ1) is 18.2. The summed E-state index contributed by atoms with van der Waals surface area (Å²) in [7, 11) is 1.28. The molecule has 3 rings (SSSR count). The highest BCUT2D eigenvalue weighted by molar-refractivity contribution is 8.00. The van der Waals surface area contributed by atoms with Crippen LogP contribution in [0.2, 0.25) is 0 Å². The van der Waals surface area contributed by atoms with Crippen LogP contribution in [0.1, 0.15) is 12.6 Å². The van der Waals surface area contributed by atoms with Gasteiger partial charge in [0.25, 0.3) is 11.8 Å². The van der Waals surface area contributed by atoms with Crippen LogP contribution >= 0.6 is 23.1 Å². The molecule has 1 saturated heterocycles. The van der Waals surface area contributed by atoms with Gasteiger partial charge in [-0.1, -0.05) is 5.16 Å². The van der Waals surface area contributed by atoms with Crippen molar-refractivity contribution in [3.8, 4) is 0 Å². The van der Waals surface area contributed by atoms with E-state index in [1.807, 2.05) is 0 Å². The first-order valence-electron chi connectivity index (χ1n) is 7.36. The van der Waals surface area contributed by atoms with Crippen LogP contribution < -0.4 is 11.1 Å². The number of carbonyl (C=O) groups is 3. The number of aromatic nitrogens is 1. The van der Waals surface area contributed by atoms with Crippen molar-refractivity contribution in [2.45, 2.75) is 18.3 Å². The fourth-order valence-corrected chi connectivity index (χ4v) is 4.52. The third-order valence-electron chi connectivity index (χ3n) is 3.81. The summed E-state index contributed by atoms with van der Waals surface area (Å²) in [5, 5.41) is 16.9. The van der Waals surface area contributed by atoms with Gasteiger partial charge in [-0.15, -0.1) is 23.1 Å². The van der Waals surface area contributed by atoms with E-state index in [0.29, 0.717) is 11.3 Å². The van der Waals surface area contributed by atoms with E-state index < -0.39 is 29.2 Å². The molecule has 1 fully saturated rings. The SMILES string of the molecule is CO/N=C(\C(=O)NC1C(=O)N2C(C(=O)O)=C(C)CSC12)c1csc(N)n1. The maximum absolute atomic E-state index is 12.5. The number of rotatable bonds is 5. The zero-order chi connectivity index (χ0) is 19.0. The average molecular weight is 397 g/mol. The lowest BCUT2D eigenvalue weighted by molar-refractivity contribution is -0.150. The van der Waals surface area contributed by atoms with Gasteiger partial charge in [-0.3, -0.25) is 14.5 Å². The van der Waals surface area contributed by atoms with Gasteiger partial charge < -0.3 is 21.0 Å². The Bertz CT molecular complexity index is 849. The molecular weight excluding hydrogens is 382 g/mol. The quantitative estimate of drug-likeness (QED) is 0.353. The number of nitrogen functional groups attached to an aromatic ring is 1. The molecule has 26 heavy (non-hydrogen) atoms. The van der Waals surface area contributed by atoms with Crippen molar-refractivity contribution in [1.29, 1.82) is 0 Å². The van der Waals surface area contributed by atoms with Gasteiger partial charge in [-0.05, 0) is 12.5 Å². The highest BCUT2D eigenvalue weighted by atomic mass is 32.2. The fraction of sp³-hybridized carbons (Fsp3) is 0.357. The number of carboxylic acids is 1. The summed E-state index contributed by atoms with van der Waals surface area (Å²) < 4.78 is 0. The molecule has 0 aromatic carbocycles. The Labute approximate surface area is 156 Å². The number of nitrogens with zero attached hydrogens (tertiary/aromatic N) is 3. The Morgan fingerprint density at radius 3 is 2.85 bits per heavy atom. The fourth-order valence-electron chi connectivity index (χ4n) is 2.68. The Hall–Kier alpha value is -2.60. The molecule has 2 aliphatic rings. The molecule has 4 N–H and O–H groups in total. The summed E-state index contributed by atoms with van der Waals surface area (Å²) in [6.45, 7) is 1.67. The number of carboxylic acid groups (broad SMARTS) is 1. The zero-order valence-electron chi connectivity index (χ0n) is 13.8. The van der Waals surface area contributed by atoms with Gasteiger partial charge >= 0.3 is 5.97 Å². The van der Waals surface area contributed by atoms with Gasteiger partial charge in [-0.2, -0.15) is 0 Å². The van der Waals surface area contributed by atoms with Crippen molar-refractivity contribution in [2.75, 3.05) is 18.6 Å². The molecular formula is C14H15N5O5S2. The van der Waals surface area contributed by atoms with E-state index in [1.54, 1.807) is 12.3 Å². The Morgan fingerprint density at radius 1 is 1.54 bits per heavy atom. The number of fused-ring (bicyclic) bond motifs is 1. The third-order valence-corrected chi connectivity index (χ3v) is 5.91. The summed E-state index contributed by atoms with van der Waals surface area (Å²) >= 11 is 2.52. The predicted molar refractivity (Wildman–Crippen MR) is 95.4 cm³/mol. The minimum absolute atomic E-state index is 0.0256. The smallest absolute Gasteiger partial charge is 0.352 e. The van der Waals surface area contributed by atoms with Crippen molar-refractivity contribution >= 4 is 51.7 Å². The molecule has 2 unspecified atom stereocenters. The first-order valence-corrected chi connectivity index (χ1v) is 9.29. The van der Waals surface area contributed by atoms with Crippen molar-refractivity contribution in [3.05, 3.63) is 22.3 Å². The number of aliphatic carboxylic acids is 1. The standard InChI is InChI=1S/C14H15N5O5S2/c1-5-3-25-12-8(11(21)19(12)9(5)13(22)23)17-10(20)7(18-24-2)6-4-26-14(15)16-6/h4,8,12H,3H2,1-2H3,(H2,15,16)(H,17,20)(H,22,23)/b18-7-. The molecule has 0 radical (unpaired) electrons. The van der Waals surface area contributed by atoms with Crippen molar-refractivity contribution in [2.24, 2.45) is 5.16 Å². The molecule has 2 amide bonds. The number of β-lactam (4-membered cyclic amide) rings is 1. The van der Waals surface area contributed by atoms with Crippen LogP contribution in [0.4, 0.5) is 5.13 Å². The number of hydrogen-bond acceptors (Lipinski definition) is 9. The number of hydrogen-bond donors (Lipinski definition) is 3. The lowest BCUT2D eigenvalue weighted by atomic mass is 10.0. The lowest BCUT2D eigenvalue weighted by Gasteiger charge is -2.49. The monoisotopic (exact) mass is 397 g/mol. The van der Waals surface area contributed by atoms with Gasteiger partial charge in [0, 0.05) is 11.1 Å². The number of anilines is 1. The van der Waals surface area contributed by atoms with Crippen LogP contribution in [0, 0.1) is 0 Å². The molecule has 1 aromatic heterocycles. The molecule has 12 heteroatoms. The molecule has 3 heterocycles. The number of nitrogens with two attached hydrogens (primary N) is 1.